The van der Waals surface area contributed by atoms with Gasteiger partial charge in [-0.15, -0.1) is 0 Å². The standard InChI is InChI=1S/C24H28N4O3S/c1-5-26(6-2)13-14-27(24-25-23-18(4)15-17(3)16-21(23)32-24)22(29)12-9-19-7-10-20(11-8-19)28(30)31/h7-12,15-16H,5-6,13-14H2,1-4H3. The second kappa shape index (κ2) is 10.5. The predicted octanol–water partition coefficient (Wildman–Crippen LogP) is 5.21. The van der Waals surface area contributed by atoms with Gasteiger partial charge in [-0.2, -0.15) is 0 Å². The van der Waals surface area contributed by atoms with Crippen LogP contribution in [0.4, 0.5) is 10.8 Å². The number of nitro groups is 1. The Balaban J connectivity index is 1.88. The second-order valence-electron chi connectivity index (χ2n) is 7.62. The fourth-order valence-electron chi connectivity index (χ4n) is 3.52. The number of nitrogens with zero attached hydrogens (tertiary/aromatic N) is 4. The van der Waals surface area contributed by atoms with Gasteiger partial charge in [0.1, 0.15) is 0 Å². The quantitative estimate of drug-likeness (QED) is 0.253. The first-order valence-corrected chi connectivity index (χ1v) is 11.5. The number of fused-ring (bicyclic) bond motifs is 1. The molecule has 3 aromatic rings. The molecule has 0 radical (unpaired) electrons. The lowest BCUT2D eigenvalue weighted by Gasteiger charge is -2.23. The van der Waals surface area contributed by atoms with E-state index >= 15 is 0 Å². The highest BCUT2D eigenvalue weighted by molar-refractivity contribution is 7.22. The fraction of sp³-hybridized carbons (Fsp3) is 0.333. The van der Waals surface area contributed by atoms with Crippen molar-refractivity contribution in [1.82, 2.24) is 9.88 Å². The van der Waals surface area contributed by atoms with Crippen LogP contribution in [-0.4, -0.2) is 46.9 Å². The van der Waals surface area contributed by atoms with Crippen molar-refractivity contribution in [1.29, 1.82) is 0 Å². The molecule has 0 aliphatic heterocycles. The Bertz CT molecular complexity index is 1130. The summed E-state index contributed by atoms with van der Waals surface area (Å²) in [5.41, 5.74) is 3.94. The number of carbonyl (C=O) groups is 1. The van der Waals surface area contributed by atoms with Gasteiger partial charge in [0.15, 0.2) is 5.13 Å². The summed E-state index contributed by atoms with van der Waals surface area (Å²) in [6.07, 6.45) is 3.19. The van der Waals surface area contributed by atoms with Crippen LogP contribution < -0.4 is 4.90 Å². The minimum absolute atomic E-state index is 0.0227. The predicted molar refractivity (Wildman–Crippen MR) is 131 cm³/mol. The molecule has 3 rings (SSSR count). The van der Waals surface area contributed by atoms with E-state index in [9.17, 15) is 14.9 Å². The molecule has 0 bridgehead atoms. The number of anilines is 1. The van der Waals surface area contributed by atoms with E-state index in [0.717, 1.165) is 41.0 Å². The van der Waals surface area contributed by atoms with Crippen LogP contribution in [0.5, 0.6) is 0 Å². The van der Waals surface area contributed by atoms with Gasteiger partial charge in [-0.3, -0.25) is 19.8 Å². The maximum absolute atomic E-state index is 13.2. The van der Waals surface area contributed by atoms with Gasteiger partial charge in [-0.05, 0) is 67.9 Å². The highest BCUT2D eigenvalue weighted by Crippen LogP contribution is 2.32. The summed E-state index contributed by atoms with van der Waals surface area (Å²) in [6.45, 7) is 11.4. The molecule has 168 valence electrons. The summed E-state index contributed by atoms with van der Waals surface area (Å²) in [7, 11) is 0. The van der Waals surface area contributed by atoms with Gasteiger partial charge in [0, 0.05) is 31.3 Å². The van der Waals surface area contributed by atoms with Crippen LogP contribution in [-0.2, 0) is 4.79 Å². The van der Waals surface area contributed by atoms with E-state index in [4.69, 9.17) is 4.98 Å². The van der Waals surface area contributed by atoms with E-state index in [1.165, 1.54) is 35.1 Å². The SMILES string of the molecule is CCN(CC)CCN(C(=O)C=Cc1ccc([N+](=O)[O-])cc1)c1nc2c(C)cc(C)cc2s1. The number of benzene rings is 2. The molecule has 0 unspecified atom stereocenters. The third-order valence-electron chi connectivity index (χ3n) is 5.37. The Morgan fingerprint density at radius 3 is 2.44 bits per heavy atom. The Morgan fingerprint density at radius 2 is 1.81 bits per heavy atom. The number of thiazole rings is 1. The number of nitro benzene ring substituents is 1. The topological polar surface area (TPSA) is 79.6 Å². The van der Waals surface area contributed by atoms with Gasteiger partial charge in [-0.1, -0.05) is 31.3 Å². The number of likely N-dealkylation sites (N-methyl/N-ethyl adjacent to an activating group) is 1. The largest absolute Gasteiger partial charge is 0.302 e. The molecular weight excluding hydrogens is 424 g/mol. The van der Waals surface area contributed by atoms with E-state index in [0.29, 0.717) is 11.7 Å². The first-order valence-electron chi connectivity index (χ1n) is 10.7. The van der Waals surface area contributed by atoms with Crippen molar-refractivity contribution in [2.45, 2.75) is 27.7 Å². The highest BCUT2D eigenvalue weighted by atomic mass is 32.1. The maximum Gasteiger partial charge on any atom is 0.269 e. The Hall–Kier alpha value is -3.10. The first-order chi connectivity index (χ1) is 15.3. The fourth-order valence-corrected chi connectivity index (χ4v) is 4.69. The van der Waals surface area contributed by atoms with Crippen molar-refractivity contribution >= 4 is 44.4 Å². The summed E-state index contributed by atoms with van der Waals surface area (Å²) in [5.74, 6) is -0.163. The Labute approximate surface area is 192 Å². The molecule has 7 nitrogen and oxygen atoms in total. The van der Waals surface area contributed by atoms with E-state index in [1.807, 2.05) is 6.92 Å². The molecule has 0 aliphatic rings. The lowest BCUT2D eigenvalue weighted by molar-refractivity contribution is -0.384. The van der Waals surface area contributed by atoms with E-state index in [1.54, 1.807) is 23.1 Å². The molecule has 0 atom stereocenters. The van der Waals surface area contributed by atoms with Crippen LogP contribution in [0, 0.1) is 24.0 Å². The summed E-state index contributed by atoms with van der Waals surface area (Å²) in [6, 6.07) is 10.3. The van der Waals surface area contributed by atoms with Gasteiger partial charge in [0.25, 0.3) is 11.6 Å². The summed E-state index contributed by atoms with van der Waals surface area (Å²) >= 11 is 1.52. The highest BCUT2D eigenvalue weighted by Gasteiger charge is 2.19. The molecule has 1 aromatic heterocycles. The number of amides is 1. The molecule has 32 heavy (non-hydrogen) atoms. The summed E-state index contributed by atoms with van der Waals surface area (Å²) in [4.78, 5) is 32.4. The Morgan fingerprint density at radius 1 is 1.12 bits per heavy atom. The molecule has 1 amide bonds. The van der Waals surface area contributed by atoms with Crippen molar-refractivity contribution in [2.24, 2.45) is 0 Å². The lowest BCUT2D eigenvalue weighted by atomic mass is 10.1. The van der Waals surface area contributed by atoms with Crippen molar-refractivity contribution in [3.8, 4) is 0 Å². The molecule has 0 aliphatic carbocycles. The van der Waals surface area contributed by atoms with Crippen molar-refractivity contribution in [3.05, 3.63) is 69.3 Å². The first kappa shape index (κ1) is 23.6. The van der Waals surface area contributed by atoms with Crippen molar-refractivity contribution in [3.63, 3.8) is 0 Å². The van der Waals surface area contributed by atoms with Crippen molar-refractivity contribution < 1.29 is 9.72 Å². The molecule has 2 aromatic carbocycles. The molecule has 1 heterocycles. The van der Waals surface area contributed by atoms with Crippen LogP contribution >= 0.6 is 11.3 Å². The zero-order valence-electron chi connectivity index (χ0n) is 18.9. The van der Waals surface area contributed by atoms with Gasteiger partial charge >= 0.3 is 0 Å². The maximum atomic E-state index is 13.2. The zero-order chi connectivity index (χ0) is 23.3. The second-order valence-corrected chi connectivity index (χ2v) is 8.63. The number of non-ortho nitro benzene ring substituents is 1. The molecule has 0 saturated carbocycles. The molecule has 0 spiro atoms. The Kier molecular flexibility index (Phi) is 7.71. The summed E-state index contributed by atoms with van der Waals surface area (Å²) < 4.78 is 1.07. The third-order valence-corrected chi connectivity index (χ3v) is 6.40. The van der Waals surface area contributed by atoms with Gasteiger partial charge in [-0.25, -0.2) is 4.98 Å². The van der Waals surface area contributed by atoms with Gasteiger partial charge < -0.3 is 4.90 Å². The van der Waals surface area contributed by atoms with Crippen LogP contribution in [0.2, 0.25) is 0 Å². The van der Waals surface area contributed by atoms with Crippen LogP contribution in [0.3, 0.4) is 0 Å². The van der Waals surface area contributed by atoms with Gasteiger partial charge in [0.05, 0.1) is 15.1 Å². The van der Waals surface area contributed by atoms with Crippen LogP contribution in [0.1, 0.15) is 30.5 Å². The number of hydrogen-bond donors (Lipinski definition) is 0. The zero-order valence-corrected chi connectivity index (χ0v) is 19.7. The normalized spacial score (nSPS) is 11.5. The number of aromatic nitrogens is 1. The molecule has 0 saturated heterocycles. The van der Waals surface area contributed by atoms with E-state index < -0.39 is 4.92 Å². The number of hydrogen-bond acceptors (Lipinski definition) is 6. The van der Waals surface area contributed by atoms with Crippen molar-refractivity contribution in [2.75, 3.05) is 31.1 Å². The smallest absolute Gasteiger partial charge is 0.269 e. The van der Waals surface area contributed by atoms with Gasteiger partial charge in [0.2, 0.25) is 0 Å². The number of carbonyl (C=O) groups excluding carboxylic acids is 1. The van der Waals surface area contributed by atoms with E-state index in [2.05, 4.69) is 37.8 Å². The van der Waals surface area contributed by atoms with E-state index in [-0.39, 0.29) is 11.6 Å². The average Bonchev–Trinajstić information content (AvgIpc) is 3.19. The third kappa shape index (κ3) is 5.57. The minimum atomic E-state index is -0.440. The molecular formula is C24H28N4O3S. The van der Waals surface area contributed by atoms with Crippen LogP contribution in [0.25, 0.3) is 16.3 Å². The lowest BCUT2D eigenvalue weighted by Crippen LogP contribution is -2.38. The average molecular weight is 453 g/mol. The molecule has 0 fully saturated rings. The number of aryl methyl sites for hydroxylation is 2. The minimum Gasteiger partial charge on any atom is -0.302 e. The molecule has 8 heteroatoms. The molecule has 0 N–H and O–H groups in total. The number of rotatable bonds is 9. The summed E-state index contributed by atoms with van der Waals surface area (Å²) in [5, 5.41) is 11.5. The van der Waals surface area contributed by atoms with Crippen LogP contribution in [0.15, 0.2) is 42.5 Å². The monoisotopic (exact) mass is 452 g/mol.